The molecule has 0 bridgehead atoms. The second kappa shape index (κ2) is 5.19. The first kappa shape index (κ1) is 13.9. The van der Waals surface area contributed by atoms with Crippen molar-refractivity contribution in [2.24, 2.45) is 7.05 Å². The summed E-state index contributed by atoms with van der Waals surface area (Å²) in [6.45, 7) is 2.61. The van der Waals surface area contributed by atoms with Gasteiger partial charge in [0.15, 0.2) is 5.82 Å². The number of anilines is 1. The number of para-hydroxylation sites is 1. The van der Waals surface area contributed by atoms with Gasteiger partial charge in [-0.2, -0.15) is 4.98 Å². The molecule has 1 unspecified atom stereocenters. The Kier molecular flexibility index (Phi) is 3.14. The van der Waals surface area contributed by atoms with Crippen molar-refractivity contribution >= 4 is 16.9 Å². The van der Waals surface area contributed by atoms with E-state index in [1.165, 1.54) is 0 Å². The summed E-state index contributed by atoms with van der Waals surface area (Å²) < 4.78 is 6.94. The number of aromatic nitrogens is 4. The molecule has 0 N–H and O–H groups in total. The van der Waals surface area contributed by atoms with Crippen molar-refractivity contribution < 1.29 is 4.52 Å². The minimum absolute atomic E-state index is 0.0286. The second-order valence-corrected chi connectivity index (χ2v) is 5.83. The fourth-order valence-electron chi connectivity index (χ4n) is 3.20. The van der Waals surface area contributed by atoms with Crippen LogP contribution in [-0.2, 0) is 7.05 Å². The lowest BCUT2D eigenvalue weighted by Crippen LogP contribution is -2.31. The van der Waals surface area contributed by atoms with Crippen LogP contribution in [0.25, 0.3) is 10.9 Å². The lowest BCUT2D eigenvalue weighted by Gasteiger charge is -2.23. The van der Waals surface area contributed by atoms with Crippen LogP contribution in [0.15, 0.2) is 33.6 Å². The van der Waals surface area contributed by atoms with E-state index >= 15 is 0 Å². The molecule has 7 nitrogen and oxygen atoms in total. The number of benzene rings is 1. The van der Waals surface area contributed by atoms with Crippen LogP contribution >= 0.6 is 0 Å². The van der Waals surface area contributed by atoms with Gasteiger partial charge in [0, 0.05) is 13.6 Å². The third kappa shape index (κ3) is 2.19. The summed E-state index contributed by atoms with van der Waals surface area (Å²) in [4.78, 5) is 23.7. The molecule has 1 saturated heterocycles. The minimum Gasteiger partial charge on any atom is -0.315 e. The van der Waals surface area contributed by atoms with E-state index in [9.17, 15) is 4.79 Å². The fourth-order valence-corrected chi connectivity index (χ4v) is 3.20. The van der Waals surface area contributed by atoms with Gasteiger partial charge in [-0.25, -0.2) is 4.98 Å². The van der Waals surface area contributed by atoms with E-state index in [2.05, 4.69) is 10.1 Å². The molecule has 4 rings (SSSR count). The summed E-state index contributed by atoms with van der Waals surface area (Å²) in [5, 5.41) is 4.50. The molecule has 2 aromatic heterocycles. The number of nitrogens with zero attached hydrogens (tertiary/aromatic N) is 5. The average molecular weight is 311 g/mol. The Morgan fingerprint density at radius 2 is 2.09 bits per heavy atom. The lowest BCUT2D eigenvalue weighted by atomic mass is 10.1. The number of hydrogen-bond donors (Lipinski definition) is 0. The van der Waals surface area contributed by atoms with Crippen molar-refractivity contribution in [3.8, 4) is 0 Å². The Labute approximate surface area is 132 Å². The molecule has 7 heteroatoms. The van der Waals surface area contributed by atoms with Crippen LogP contribution in [0.1, 0.15) is 30.5 Å². The third-order valence-electron chi connectivity index (χ3n) is 4.33. The second-order valence-electron chi connectivity index (χ2n) is 5.83. The maximum atomic E-state index is 12.6. The van der Waals surface area contributed by atoms with Gasteiger partial charge >= 0.3 is 6.01 Å². The van der Waals surface area contributed by atoms with E-state index in [1.54, 1.807) is 18.5 Å². The summed E-state index contributed by atoms with van der Waals surface area (Å²) in [7, 11) is 1.77. The Morgan fingerprint density at radius 1 is 1.26 bits per heavy atom. The van der Waals surface area contributed by atoms with Crippen LogP contribution in [0.5, 0.6) is 0 Å². The molecule has 3 heterocycles. The SMILES string of the molecule is Cc1noc(N2CCCC2c2nc3ccccc3c(=O)n2C)n1. The first-order valence-corrected chi connectivity index (χ1v) is 7.68. The Balaban J connectivity index is 1.84. The summed E-state index contributed by atoms with van der Waals surface area (Å²) in [6, 6.07) is 7.89. The normalized spacial score (nSPS) is 18.0. The van der Waals surface area contributed by atoms with Gasteiger partial charge in [-0.15, -0.1) is 0 Å². The minimum atomic E-state index is -0.0304. The van der Waals surface area contributed by atoms with E-state index in [4.69, 9.17) is 9.51 Å². The molecule has 118 valence electrons. The zero-order valence-electron chi connectivity index (χ0n) is 13.1. The third-order valence-corrected chi connectivity index (χ3v) is 4.33. The van der Waals surface area contributed by atoms with Gasteiger partial charge in [0.2, 0.25) is 0 Å². The highest BCUT2D eigenvalue weighted by atomic mass is 16.5. The standard InChI is InChI=1S/C16H17N5O2/c1-10-17-16(23-19-10)21-9-5-8-13(21)14-18-12-7-4-3-6-11(12)15(22)20(14)2/h3-4,6-7,13H,5,8-9H2,1-2H3. The summed E-state index contributed by atoms with van der Waals surface area (Å²) in [5.74, 6) is 1.34. The Hall–Kier alpha value is -2.70. The van der Waals surface area contributed by atoms with Crippen molar-refractivity contribution in [3.63, 3.8) is 0 Å². The molecule has 0 radical (unpaired) electrons. The molecule has 23 heavy (non-hydrogen) atoms. The van der Waals surface area contributed by atoms with Gasteiger partial charge < -0.3 is 9.42 Å². The molecule has 3 aromatic rings. The molecule has 0 saturated carbocycles. The predicted octanol–water partition coefficient (Wildman–Crippen LogP) is 1.97. The van der Waals surface area contributed by atoms with E-state index < -0.39 is 0 Å². The molecule has 1 aliphatic rings. The van der Waals surface area contributed by atoms with Crippen molar-refractivity contribution in [1.82, 2.24) is 19.7 Å². The maximum Gasteiger partial charge on any atom is 0.324 e. The predicted molar refractivity (Wildman–Crippen MR) is 85.3 cm³/mol. The largest absolute Gasteiger partial charge is 0.324 e. The van der Waals surface area contributed by atoms with Crippen LogP contribution < -0.4 is 10.5 Å². The molecule has 0 aliphatic carbocycles. The van der Waals surface area contributed by atoms with Gasteiger partial charge in [0.25, 0.3) is 5.56 Å². The summed E-state index contributed by atoms with van der Waals surface area (Å²) in [5.41, 5.74) is 0.693. The fraction of sp³-hybridized carbons (Fsp3) is 0.375. The quantitative estimate of drug-likeness (QED) is 0.720. The zero-order valence-corrected chi connectivity index (χ0v) is 13.1. The topological polar surface area (TPSA) is 77.0 Å². The van der Waals surface area contributed by atoms with Crippen molar-refractivity contribution in [3.05, 3.63) is 46.3 Å². The molecule has 0 amide bonds. The van der Waals surface area contributed by atoms with Gasteiger partial charge in [-0.3, -0.25) is 9.36 Å². The molecule has 1 aromatic carbocycles. The van der Waals surface area contributed by atoms with E-state index in [0.29, 0.717) is 17.2 Å². The number of aryl methyl sites for hydroxylation is 1. The highest BCUT2D eigenvalue weighted by molar-refractivity contribution is 5.77. The summed E-state index contributed by atoms with van der Waals surface area (Å²) in [6.07, 6.45) is 1.90. The summed E-state index contributed by atoms with van der Waals surface area (Å²) >= 11 is 0. The van der Waals surface area contributed by atoms with Crippen LogP contribution in [0, 0.1) is 6.92 Å². The molecule has 1 atom stereocenters. The molecule has 0 spiro atoms. The van der Waals surface area contributed by atoms with Crippen molar-refractivity contribution in [2.45, 2.75) is 25.8 Å². The van der Waals surface area contributed by atoms with E-state index in [-0.39, 0.29) is 11.6 Å². The van der Waals surface area contributed by atoms with Crippen LogP contribution in [0.3, 0.4) is 0 Å². The van der Waals surface area contributed by atoms with Gasteiger partial charge in [-0.1, -0.05) is 17.3 Å². The molecule has 1 fully saturated rings. The van der Waals surface area contributed by atoms with Crippen molar-refractivity contribution in [2.75, 3.05) is 11.4 Å². The van der Waals surface area contributed by atoms with Crippen LogP contribution in [-0.4, -0.2) is 26.2 Å². The number of rotatable bonds is 2. The molecule has 1 aliphatic heterocycles. The average Bonchev–Trinajstić information content (AvgIpc) is 3.19. The van der Waals surface area contributed by atoms with E-state index in [1.807, 2.05) is 29.2 Å². The lowest BCUT2D eigenvalue weighted by molar-refractivity contribution is 0.403. The van der Waals surface area contributed by atoms with Gasteiger partial charge in [-0.05, 0) is 31.9 Å². The molecular formula is C16H17N5O2. The van der Waals surface area contributed by atoms with Crippen LogP contribution in [0.4, 0.5) is 6.01 Å². The highest BCUT2D eigenvalue weighted by Gasteiger charge is 2.32. The maximum absolute atomic E-state index is 12.6. The molecular weight excluding hydrogens is 294 g/mol. The Morgan fingerprint density at radius 3 is 2.87 bits per heavy atom. The number of fused-ring (bicyclic) bond motifs is 1. The smallest absolute Gasteiger partial charge is 0.315 e. The number of hydrogen-bond acceptors (Lipinski definition) is 6. The monoisotopic (exact) mass is 311 g/mol. The first-order valence-electron chi connectivity index (χ1n) is 7.68. The van der Waals surface area contributed by atoms with Gasteiger partial charge in [0.05, 0.1) is 16.9 Å². The van der Waals surface area contributed by atoms with Crippen molar-refractivity contribution in [1.29, 1.82) is 0 Å². The van der Waals surface area contributed by atoms with Gasteiger partial charge in [0.1, 0.15) is 5.82 Å². The highest BCUT2D eigenvalue weighted by Crippen LogP contribution is 2.34. The zero-order chi connectivity index (χ0) is 16.0. The first-order chi connectivity index (χ1) is 11.1. The Bertz CT molecular complexity index is 930. The van der Waals surface area contributed by atoms with Crippen LogP contribution in [0.2, 0.25) is 0 Å². The van der Waals surface area contributed by atoms with E-state index in [0.717, 1.165) is 30.7 Å².